The zero-order valence-electron chi connectivity index (χ0n) is 86.2. The number of aromatic nitrogens is 10. The van der Waals surface area contributed by atoms with E-state index in [1.807, 2.05) is 125 Å². The summed E-state index contributed by atoms with van der Waals surface area (Å²) >= 11 is 12.9. The predicted molar refractivity (Wildman–Crippen MR) is 599 cm³/mol. The lowest BCUT2D eigenvalue weighted by Gasteiger charge is -2.34. The van der Waals surface area contributed by atoms with Crippen molar-refractivity contribution >= 4 is 177 Å². The molecule has 0 radical (unpaired) electrons. The van der Waals surface area contributed by atoms with Gasteiger partial charge in [0.05, 0.1) is 138 Å². The number of carbonyl (C=O) groups is 7. The third-order valence-corrected chi connectivity index (χ3v) is 33.5. The van der Waals surface area contributed by atoms with Crippen molar-refractivity contribution in [1.29, 1.82) is 0 Å². The fourth-order valence-electron chi connectivity index (χ4n) is 17.2. The molecular weight excluding hydrogens is 2050 g/mol. The van der Waals surface area contributed by atoms with E-state index < -0.39 is 0 Å². The summed E-state index contributed by atoms with van der Waals surface area (Å²) < 4.78 is 29.4. The molecule has 2 aliphatic carbocycles. The summed E-state index contributed by atoms with van der Waals surface area (Å²) in [4.78, 5) is 145. The Labute approximate surface area is 906 Å². The number of nitrogens with zero attached hydrogens (tertiary/aromatic N) is 13. The van der Waals surface area contributed by atoms with Crippen LogP contribution in [0.1, 0.15) is 232 Å². The van der Waals surface area contributed by atoms with E-state index in [4.69, 9.17) is 17.7 Å². The maximum absolute atomic E-state index is 13.7. The molecule has 7 amide bonds. The van der Waals surface area contributed by atoms with Gasteiger partial charge in [0, 0.05) is 95.8 Å². The van der Waals surface area contributed by atoms with Crippen LogP contribution in [0.3, 0.4) is 0 Å². The number of carbonyl (C=O) groups excluding carboxylic acids is 7. The average molecular weight is 2180 g/mol. The SMILES string of the molecule is C=CC(=O)NC1CC(C(=O)N2CCC[C@@H](Nc3ncc(SCc4ncc(C(C)(C)C)o4)s3)C2)c2ccccc21.C=CC(=O)Nc1ccc(CN2CCC[C@@H](Nc3ncc(SCc4ncc(C(C)(C)C)o4)s3)C2=O)nc1.C=CC(=O)Nc1cccc2c1CCC2C(=O)N1CCC[C@@H](Nc2ncc(SCc3ncc(C(C)(C)C)o3)s2)C1.C=CC(=O)Nc1ccn(Cc2cccc(Nc3ncc(SCc4ncc(C(C)(C)C)o4)s3)c2)c(=O)c1. The van der Waals surface area contributed by atoms with Crippen LogP contribution in [0.15, 0.2) is 243 Å². The van der Waals surface area contributed by atoms with Crippen LogP contribution in [-0.2, 0) is 97.7 Å². The van der Waals surface area contributed by atoms with Gasteiger partial charge in [-0.25, -0.2) is 39.9 Å². The third kappa shape index (κ3) is 30.9. The van der Waals surface area contributed by atoms with Crippen LogP contribution < -0.4 is 48.1 Å². The van der Waals surface area contributed by atoms with E-state index >= 15 is 0 Å². The fraction of sp³-hybridized carbons (Fsp3) is 0.385. The number of pyridine rings is 2. The monoisotopic (exact) mass is 2180 g/mol. The minimum absolute atomic E-state index is 0.0333. The van der Waals surface area contributed by atoms with E-state index in [1.165, 1.54) is 35.6 Å². The molecule has 150 heavy (non-hydrogen) atoms. The number of anilines is 8. The highest BCUT2D eigenvalue weighted by atomic mass is 32.2. The van der Waals surface area contributed by atoms with Crippen LogP contribution in [0.2, 0.25) is 0 Å². The number of fused-ring (bicyclic) bond motifs is 2. The van der Waals surface area contributed by atoms with Crippen LogP contribution in [0.4, 0.5) is 43.3 Å². The maximum atomic E-state index is 13.7. The highest BCUT2D eigenvalue weighted by molar-refractivity contribution is 8.01. The molecule has 6 atom stereocenters. The molecule has 3 unspecified atom stereocenters. The summed E-state index contributed by atoms with van der Waals surface area (Å²) in [6.45, 7) is 43.5. The number of thioether (sulfide) groups is 4. The van der Waals surface area contributed by atoms with E-state index in [0.29, 0.717) is 91.2 Å². The Bertz CT molecular complexity index is 6980. The number of oxazole rings is 4. The first-order valence-corrected chi connectivity index (χ1v) is 56.8. The standard InChI is InChI=1S/2C29H35N5O3S2.C26H27N5O3S2.C25H30N6O3S2/c1-5-24(35)33-22-10-6-9-19-20(22)11-12-21(19)27(36)34-13-7-8-18(16-34)32-28-31-15-26(39-28)38-17-25-30-14-23(37-25)29(2,3)4;1-5-24(35)33-22-13-21(19-10-6-7-11-20(19)22)27(36)34-12-8-9-18(16-34)32-28-31-15-26(39-28)38-17-25-30-14-23(37-25)29(2,3)4;1-5-21(32)29-19-9-10-31(23(33)12-19)15-17-7-6-8-18(11-17)30-25-28-14-24(36-25)35-16-22-27-13-20(34-22)26(2,3)4;1-5-20(32)29-16-8-9-17(26-11-16)14-31-10-6-7-18(23(31)33)30-24-28-13-22(36-24)35-15-21-27-12-19(34-21)25(2,3)4/h5-6,9-10,14-15,18,21H,1,7-8,11-13,16-17H2,2-4H3,(H,31,32)(H,33,35);5-7,10-11,14-15,18,21-22H,1,8-9,12-13,16-17H2,2-4H3,(H,31,32)(H,33,35);5-14H,1,15-16H2,2-4H3,(H,28,30)(H,29,32);5,8-9,11-13,18H,1,6-7,10,14-15H2,2-4H3,(H,28,30)(H,29,32)/t18-,21?;18-,21?,22?;;18-/m11.1/s1. The van der Waals surface area contributed by atoms with Crippen molar-refractivity contribution in [3.05, 3.63) is 294 Å². The van der Waals surface area contributed by atoms with Gasteiger partial charge in [-0.15, -0.1) is 47.0 Å². The Kier molecular flexibility index (Phi) is 37.6. The van der Waals surface area contributed by atoms with Gasteiger partial charge in [-0.2, -0.15) is 0 Å². The van der Waals surface area contributed by atoms with Crippen molar-refractivity contribution < 1.29 is 51.2 Å². The minimum atomic E-state index is -0.359. The molecule has 13 aromatic rings. The number of hydrogen-bond acceptors (Lipinski definition) is 33. The summed E-state index contributed by atoms with van der Waals surface area (Å²) in [5.41, 5.74) is 8.05. The predicted octanol–water partition coefficient (Wildman–Crippen LogP) is 22.3. The van der Waals surface area contributed by atoms with Gasteiger partial charge in [0.1, 0.15) is 29.1 Å². The molecule has 788 valence electrons. The second kappa shape index (κ2) is 50.7. The molecular formula is C109H127N21O12S8. The number of likely N-dealkylation sites (tertiary alicyclic amines) is 3. The minimum Gasteiger partial charge on any atom is -0.444 e. The lowest BCUT2D eigenvalue weighted by molar-refractivity contribution is -0.135. The zero-order chi connectivity index (χ0) is 107. The van der Waals surface area contributed by atoms with Crippen molar-refractivity contribution in [3.8, 4) is 0 Å². The van der Waals surface area contributed by atoms with Gasteiger partial charge < -0.3 is 79.5 Å². The Morgan fingerprint density at radius 2 is 0.887 bits per heavy atom. The van der Waals surface area contributed by atoms with Crippen LogP contribution in [0, 0.1) is 0 Å². The summed E-state index contributed by atoms with van der Waals surface area (Å²) in [6, 6.07) is 28.0. The number of rotatable bonds is 34. The number of benzene rings is 3. The molecule has 3 fully saturated rings. The fourth-order valence-corrected chi connectivity index (χ4v) is 24.3. The number of hydrogen-bond donors (Lipinski definition) is 8. The molecule has 5 aliphatic rings. The van der Waals surface area contributed by atoms with Gasteiger partial charge in [-0.3, -0.25) is 43.3 Å². The molecule has 3 aliphatic heterocycles. The third-order valence-electron chi connectivity index (χ3n) is 25.1. The normalized spacial score (nSPS) is 17.0. The van der Waals surface area contributed by atoms with E-state index in [-0.39, 0.29) is 105 Å². The van der Waals surface area contributed by atoms with Gasteiger partial charge in [-0.1, -0.05) is 203 Å². The number of nitrogens with one attached hydrogen (secondary N) is 8. The molecule has 10 aromatic heterocycles. The number of piperidine rings is 3. The van der Waals surface area contributed by atoms with Gasteiger partial charge >= 0.3 is 0 Å². The molecule has 18 rings (SSSR count). The van der Waals surface area contributed by atoms with Crippen LogP contribution in [0.25, 0.3) is 0 Å². The molecule has 0 saturated carbocycles. The van der Waals surface area contributed by atoms with Crippen molar-refractivity contribution in [2.24, 2.45) is 0 Å². The van der Waals surface area contributed by atoms with Crippen molar-refractivity contribution in [2.75, 3.05) is 69.9 Å². The maximum Gasteiger partial charge on any atom is 0.252 e. The van der Waals surface area contributed by atoms with Crippen molar-refractivity contribution in [3.63, 3.8) is 0 Å². The van der Waals surface area contributed by atoms with Crippen LogP contribution in [-0.4, -0.2) is 156 Å². The lowest BCUT2D eigenvalue weighted by atomic mass is 9.94. The van der Waals surface area contributed by atoms with E-state index in [2.05, 4.69) is 197 Å². The van der Waals surface area contributed by atoms with Crippen LogP contribution >= 0.6 is 92.4 Å². The van der Waals surface area contributed by atoms with E-state index in [9.17, 15) is 38.4 Å². The number of thiazole rings is 4. The van der Waals surface area contributed by atoms with E-state index in [1.54, 1.807) is 123 Å². The quantitative estimate of drug-likeness (QED) is 0.0137. The lowest BCUT2D eigenvalue weighted by Crippen LogP contribution is -2.47. The van der Waals surface area contributed by atoms with Crippen LogP contribution in [0.5, 0.6) is 0 Å². The highest BCUT2D eigenvalue weighted by Crippen LogP contribution is 2.45. The topological polar surface area (TPSA) is 416 Å². The van der Waals surface area contributed by atoms with Crippen molar-refractivity contribution in [2.45, 2.75) is 251 Å². The average Bonchev–Trinajstić information content (AvgIpc) is 1.62. The first kappa shape index (κ1) is 111. The van der Waals surface area contributed by atoms with Gasteiger partial charge in [-0.05, 0) is 146 Å². The first-order valence-electron chi connectivity index (χ1n) is 49.6. The molecule has 8 N–H and O–H groups in total. The summed E-state index contributed by atoms with van der Waals surface area (Å²) in [6.07, 6.45) is 30.4. The summed E-state index contributed by atoms with van der Waals surface area (Å²) in [5.74, 6) is 7.72. The molecule has 33 nitrogen and oxygen atoms in total. The summed E-state index contributed by atoms with van der Waals surface area (Å²) in [7, 11) is 0. The Morgan fingerprint density at radius 1 is 0.427 bits per heavy atom. The largest absolute Gasteiger partial charge is 0.444 e. The van der Waals surface area contributed by atoms with E-state index in [0.717, 1.165) is 182 Å². The van der Waals surface area contributed by atoms with Gasteiger partial charge in [0.15, 0.2) is 20.5 Å². The molecule has 13 heterocycles. The Balaban J connectivity index is 0.000000150. The first-order chi connectivity index (χ1) is 71.8. The second-order valence-corrected chi connectivity index (χ2v) is 49.9. The molecule has 41 heteroatoms. The Morgan fingerprint density at radius 3 is 1.37 bits per heavy atom. The molecule has 0 bridgehead atoms. The molecule has 3 aromatic carbocycles. The molecule has 0 spiro atoms. The highest BCUT2D eigenvalue weighted by Gasteiger charge is 2.41. The summed E-state index contributed by atoms with van der Waals surface area (Å²) in [5, 5.41) is 28.1. The number of amides is 7. The zero-order valence-corrected chi connectivity index (χ0v) is 92.7. The Hall–Kier alpha value is -13.0. The second-order valence-electron chi connectivity index (χ2n) is 40.7. The van der Waals surface area contributed by atoms with Gasteiger partial charge in [0.2, 0.25) is 64.9 Å². The van der Waals surface area contributed by atoms with Crippen molar-refractivity contribution in [1.82, 2.24) is 69.4 Å². The molecule has 3 saturated heterocycles. The van der Waals surface area contributed by atoms with Gasteiger partial charge in [0.25, 0.3) is 5.56 Å². The smallest absolute Gasteiger partial charge is 0.252 e.